The Labute approximate surface area is 245 Å². The van der Waals surface area contributed by atoms with Crippen LogP contribution in [0.4, 0.5) is 4.79 Å². The van der Waals surface area contributed by atoms with E-state index in [1.807, 2.05) is 0 Å². The van der Waals surface area contributed by atoms with Gasteiger partial charge in [0.05, 0.1) is 0 Å². The number of hydrogen-bond acceptors (Lipinski definition) is 8. The Bertz CT molecular complexity index is 858. The van der Waals surface area contributed by atoms with Crippen LogP contribution in [0.2, 0.25) is 0 Å². The molecule has 39 heavy (non-hydrogen) atoms. The predicted molar refractivity (Wildman–Crippen MR) is 147 cm³/mol. The number of carbonyl (C=O) groups excluding carboxylic acids is 4. The Morgan fingerprint density at radius 2 is 1.69 bits per heavy atom. The molecular weight excluding hydrogens is 575 g/mol. The Morgan fingerprint density at radius 1 is 1.05 bits per heavy atom. The van der Waals surface area contributed by atoms with Crippen molar-refractivity contribution in [2.75, 3.05) is 26.4 Å². The summed E-state index contributed by atoms with van der Waals surface area (Å²) < 4.78 is 14.1. The average molecular weight is 616 g/mol. The second-order valence-corrected chi connectivity index (χ2v) is 13.8. The normalized spacial score (nSPS) is 20.6. The number of carbonyl (C=O) groups is 4. The summed E-state index contributed by atoms with van der Waals surface area (Å²) in [6, 6.07) is -2.64. The summed E-state index contributed by atoms with van der Waals surface area (Å²) >= 11 is 17.0. The van der Waals surface area contributed by atoms with Crippen LogP contribution in [-0.2, 0) is 28.6 Å². The maximum absolute atomic E-state index is 13.7. The van der Waals surface area contributed by atoms with Gasteiger partial charge in [-0.2, -0.15) is 0 Å². The minimum Gasteiger partial charge on any atom is -0.460 e. The van der Waals surface area contributed by atoms with E-state index in [1.54, 1.807) is 34.6 Å². The molecule has 2 fully saturated rings. The number of nitrogens with zero attached hydrogens (tertiary/aromatic N) is 1. The van der Waals surface area contributed by atoms with E-state index >= 15 is 0 Å². The lowest BCUT2D eigenvalue weighted by molar-refractivity contribution is -0.153. The summed E-state index contributed by atoms with van der Waals surface area (Å²) in [5, 5.41) is 6.81. The molecule has 0 aromatic rings. The van der Waals surface area contributed by atoms with Crippen LogP contribution >= 0.6 is 34.8 Å². The van der Waals surface area contributed by atoms with Gasteiger partial charge in [0.25, 0.3) is 5.91 Å². The van der Waals surface area contributed by atoms with Crippen molar-refractivity contribution in [3.63, 3.8) is 0 Å². The third-order valence-corrected chi connectivity index (χ3v) is 6.59. The number of rotatable bonds is 9. The molecule has 11 nitrogen and oxygen atoms in total. The van der Waals surface area contributed by atoms with E-state index in [2.05, 4.69) is 16.1 Å². The third-order valence-electron chi connectivity index (χ3n) is 6.26. The number of ether oxygens (including phenoxy) is 3. The van der Waals surface area contributed by atoms with Gasteiger partial charge in [-0.1, -0.05) is 48.7 Å². The van der Waals surface area contributed by atoms with Crippen LogP contribution in [0.3, 0.4) is 0 Å². The first-order valence-corrected chi connectivity index (χ1v) is 14.4. The topological polar surface area (TPSA) is 135 Å². The fourth-order valence-electron chi connectivity index (χ4n) is 4.32. The van der Waals surface area contributed by atoms with E-state index in [4.69, 9.17) is 49.0 Å². The van der Waals surface area contributed by atoms with Crippen LogP contribution in [0, 0.1) is 11.8 Å². The number of alkyl halides is 3. The minimum absolute atomic E-state index is 0.152. The zero-order chi connectivity index (χ0) is 29.4. The fourth-order valence-corrected chi connectivity index (χ4v) is 4.49. The average Bonchev–Trinajstić information content (AvgIpc) is 2.84. The largest absolute Gasteiger partial charge is 0.460 e. The molecule has 0 saturated carbocycles. The highest BCUT2D eigenvalue weighted by Gasteiger charge is 2.37. The van der Waals surface area contributed by atoms with Crippen molar-refractivity contribution < 1.29 is 33.4 Å². The summed E-state index contributed by atoms with van der Waals surface area (Å²) in [5.74, 6) is -1.67. The van der Waals surface area contributed by atoms with Crippen molar-refractivity contribution in [3.05, 3.63) is 0 Å². The molecule has 0 aromatic carbocycles. The summed E-state index contributed by atoms with van der Waals surface area (Å²) in [5.41, 5.74) is 2.17. The number of hydrazine groups is 1. The number of nitrogens with one attached hydrogen (secondary N) is 3. The van der Waals surface area contributed by atoms with Crippen molar-refractivity contribution in [3.8, 4) is 0 Å². The van der Waals surface area contributed by atoms with Crippen molar-refractivity contribution in [2.45, 2.75) is 94.2 Å². The van der Waals surface area contributed by atoms with Gasteiger partial charge in [-0.05, 0) is 64.7 Å². The molecule has 3 unspecified atom stereocenters. The molecule has 2 rings (SSSR count). The standard InChI is InChI=1S/C25H41Cl3N4O7/c1-15(2)19(30-23(36)39-24(3,4)5)20(33)29-18(13-16-8-11-37-12-9-16)21(34)32-10-6-7-17(31-32)22(35)38-14-25(26,27)28/h15-19,31H,6-14H2,1-5H3,(H,29,33)(H,30,36). The highest BCUT2D eigenvalue weighted by Crippen LogP contribution is 2.26. The molecule has 2 saturated heterocycles. The number of alkyl carbamates (subject to hydrolysis) is 1. The maximum atomic E-state index is 13.7. The Hall–Kier alpha value is -1.53. The Morgan fingerprint density at radius 3 is 2.26 bits per heavy atom. The minimum atomic E-state index is -1.75. The molecule has 3 N–H and O–H groups in total. The zero-order valence-corrected chi connectivity index (χ0v) is 25.5. The van der Waals surface area contributed by atoms with Crippen LogP contribution in [0.1, 0.15) is 66.7 Å². The van der Waals surface area contributed by atoms with Crippen molar-refractivity contribution in [1.82, 2.24) is 21.1 Å². The van der Waals surface area contributed by atoms with Crippen molar-refractivity contribution >= 4 is 58.7 Å². The van der Waals surface area contributed by atoms with E-state index < -0.39 is 58.0 Å². The second kappa shape index (κ2) is 14.9. The van der Waals surface area contributed by atoms with E-state index in [1.165, 1.54) is 5.01 Å². The molecule has 224 valence electrons. The second-order valence-electron chi connectivity index (χ2n) is 11.3. The molecule has 14 heteroatoms. The zero-order valence-electron chi connectivity index (χ0n) is 23.2. The lowest BCUT2D eigenvalue weighted by Gasteiger charge is -2.36. The van der Waals surface area contributed by atoms with Crippen LogP contribution < -0.4 is 16.1 Å². The maximum Gasteiger partial charge on any atom is 0.408 e. The molecule has 2 aliphatic heterocycles. The fraction of sp³-hybridized carbons (Fsp3) is 0.840. The summed E-state index contributed by atoms with van der Waals surface area (Å²) in [4.78, 5) is 52.0. The smallest absolute Gasteiger partial charge is 0.408 e. The molecule has 0 spiro atoms. The molecular formula is C25H41Cl3N4O7. The molecule has 0 bridgehead atoms. The highest BCUT2D eigenvalue weighted by molar-refractivity contribution is 6.67. The predicted octanol–water partition coefficient (Wildman–Crippen LogP) is 3.25. The first-order chi connectivity index (χ1) is 18.1. The van der Waals surface area contributed by atoms with Gasteiger partial charge in [0.15, 0.2) is 0 Å². The molecule has 3 atom stereocenters. The van der Waals surface area contributed by atoms with Crippen LogP contribution in [0.25, 0.3) is 0 Å². The molecule has 0 radical (unpaired) electrons. The molecule has 3 amide bonds. The first-order valence-electron chi connectivity index (χ1n) is 13.2. The van der Waals surface area contributed by atoms with Gasteiger partial charge >= 0.3 is 12.1 Å². The third kappa shape index (κ3) is 12.3. The van der Waals surface area contributed by atoms with Crippen LogP contribution in [-0.4, -0.2) is 82.8 Å². The monoisotopic (exact) mass is 614 g/mol. The van der Waals surface area contributed by atoms with Gasteiger partial charge in [0.1, 0.15) is 30.3 Å². The molecule has 2 heterocycles. The van der Waals surface area contributed by atoms with Crippen LogP contribution in [0.15, 0.2) is 0 Å². The Kier molecular flexibility index (Phi) is 12.9. The van der Waals surface area contributed by atoms with E-state index in [9.17, 15) is 19.2 Å². The number of hydrogen-bond donors (Lipinski definition) is 3. The lowest BCUT2D eigenvalue weighted by Crippen LogP contribution is -2.62. The van der Waals surface area contributed by atoms with Gasteiger partial charge in [-0.3, -0.25) is 19.4 Å². The number of esters is 1. The lowest BCUT2D eigenvalue weighted by atomic mass is 9.91. The summed E-state index contributed by atoms with van der Waals surface area (Å²) in [6.07, 6.45) is 2.11. The molecule has 0 aliphatic carbocycles. The van der Waals surface area contributed by atoms with Crippen LogP contribution in [0.5, 0.6) is 0 Å². The number of amides is 3. The van der Waals surface area contributed by atoms with E-state index in [0.29, 0.717) is 39.0 Å². The quantitative estimate of drug-likeness (QED) is 0.266. The van der Waals surface area contributed by atoms with E-state index in [-0.39, 0.29) is 11.8 Å². The van der Waals surface area contributed by atoms with Crippen molar-refractivity contribution in [2.24, 2.45) is 11.8 Å². The van der Waals surface area contributed by atoms with Gasteiger partial charge in [0.2, 0.25) is 9.70 Å². The number of halogens is 3. The summed E-state index contributed by atoms with van der Waals surface area (Å²) in [7, 11) is 0. The van der Waals surface area contributed by atoms with Gasteiger partial charge in [-0.25, -0.2) is 10.2 Å². The molecule has 2 aliphatic rings. The SMILES string of the molecule is CC(C)C(NC(=O)OC(C)(C)C)C(=O)NC(CC1CCOCC1)C(=O)N1CCCC(C(=O)OCC(Cl)(Cl)Cl)N1. The molecule has 0 aromatic heterocycles. The van der Waals surface area contributed by atoms with Gasteiger partial charge < -0.3 is 24.8 Å². The van der Waals surface area contributed by atoms with Crippen molar-refractivity contribution in [1.29, 1.82) is 0 Å². The van der Waals surface area contributed by atoms with Gasteiger partial charge in [-0.15, -0.1) is 0 Å². The van der Waals surface area contributed by atoms with E-state index in [0.717, 1.165) is 12.8 Å². The Balaban J connectivity index is 2.14. The summed E-state index contributed by atoms with van der Waals surface area (Å²) in [6.45, 7) is 9.82. The first kappa shape index (κ1) is 33.7. The highest BCUT2D eigenvalue weighted by atomic mass is 35.6. The van der Waals surface area contributed by atoms with Gasteiger partial charge in [0, 0.05) is 19.8 Å².